The summed E-state index contributed by atoms with van der Waals surface area (Å²) in [5, 5.41) is 6.40. The first kappa shape index (κ1) is 21.8. The molecule has 25 heavy (non-hydrogen) atoms. The van der Waals surface area contributed by atoms with Crippen molar-refractivity contribution in [2.75, 3.05) is 13.6 Å². The van der Waals surface area contributed by atoms with Crippen molar-refractivity contribution < 1.29 is 9.15 Å². The van der Waals surface area contributed by atoms with E-state index in [-0.39, 0.29) is 30.1 Å². The molecule has 0 aliphatic heterocycles. The van der Waals surface area contributed by atoms with Gasteiger partial charge in [-0.05, 0) is 48.8 Å². The van der Waals surface area contributed by atoms with Crippen LogP contribution in [-0.2, 0) is 6.54 Å². The Labute approximate surface area is 174 Å². The Balaban J connectivity index is 0.00000312. The minimum atomic E-state index is -0.0199. The van der Waals surface area contributed by atoms with Crippen molar-refractivity contribution in [3.8, 4) is 5.75 Å². The Morgan fingerprint density at radius 3 is 2.64 bits per heavy atom. The normalized spacial score (nSPS) is 12.3. The highest BCUT2D eigenvalue weighted by molar-refractivity contribution is 14.0. The number of rotatable bonds is 6. The Hall–Kier alpha value is -1.29. The van der Waals surface area contributed by atoms with Crippen LogP contribution >= 0.6 is 39.9 Å². The van der Waals surface area contributed by atoms with Crippen LogP contribution in [0.15, 0.2) is 38.1 Å². The maximum absolute atomic E-state index is 5.90. The van der Waals surface area contributed by atoms with Gasteiger partial charge in [-0.15, -0.1) is 24.0 Å². The van der Waals surface area contributed by atoms with E-state index in [1.807, 2.05) is 45.0 Å². The lowest BCUT2D eigenvalue weighted by atomic mass is 10.3. The molecule has 1 aromatic carbocycles. The molecule has 0 amide bonds. The standard InChI is InChI=1S/C17H23BrN4O2.HI/c1-11(23-15-8-6-5-7-14(15)18)9-20-17(19-4)21-10-16-22-12(2)13(3)24-16;/h5-8,11H,9-10H2,1-4H3,(H2,19,20,21);1H. The zero-order chi connectivity index (χ0) is 17.5. The molecule has 0 aliphatic rings. The summed E-state index contributed by atoms with van der Waals surface area (Å²) in [5.41, 5.74) is 0.908. The molecule has 0 radical (unpaired) electrons. The predicted octanol–water partition coefficient (Wildman–Crippen LogP) is 3.80. The third kappa shape index (κ3) is 6.85. The number of oxazole rings is 1. The Morgan fingerprint density at radius 2 is 2.04 bits per heavy atom. The van der Waals surface area contributed by atoms with Gasteiger partial charge in [-0.3, -0.25) is 4.99 Å². The summed E-state index contributed by atoms with van der Waals surface area (Å²) in [5.74, 6) is 2.97. The fourth-order valence-electron chi connectivity index (χ4n) is 2.03. The lowest BCUT2D eigenvalue weighted by molar-refractivity contribution is 0.222. The number of halogens is 2. The number of benzene rings is 1. The smallest absolute Gasteiger partial charge is 0.214 e. The molecule has 0 fully saturated rings. The van der Waals surface area contributed by atoms with E-state index in [0.717, 1.165) is 21.7 Å². The van der Waals surface area contributed by atoms with Crippen molar-refractivity contribution >= 4 is 45.9 Å². The third-order valence-corrected chi connectivity index (χ3v) is 4.08. The number of aryl methyl sites for hydroxylation is 2. The molecule has 1 atom stereocenters. The van der Waals surface area contributed by atoms with Gasteiger partial charge < -0.3 is 19.8 Å². The molecule has 1 unspecified atom stereocenters. The molecule has 0 aliphatic carbocycles. The molecule has 6 nitrogen and oxygen atoms in total. The zero-order valence-corrected chi connectivity index (χ0v) is 18.7. The first-order valence-electron chi connectivity index (χ1n) is 7.78. The van der Waals surface area contributed by atoms with Crippen LogP contribution in [-0.4, -0.2) is 30.6 Å². The summed E-state index contributed by atoms with van der Waals surface area (Å²) in [6, 6.07) is 7.79. The molecule has 0 saturated carbocycles. The summed E-state index contributed by atoms with van der Waals surface area (Å²) in [4.78, 5) is 8.52. The Morgan fingerprint density at radius 1 is 1.32 bits per heavy atom. The van der Waals surface area contributed by atoms with E-state index in [0.29, 0.717) is 24.9 Å². The molecule has 1 heterocycles. The zero-order valence-electron chi connectivity index (χ0n) is 14.8. The van der Waals surface area contributed by atoms with E-state index in [4.69, 9.17) is 9.15 Å². The van der Waals surface area contributed by atoms with Crippen LogP contribution in [0.1, 0.15) is 24.3 Å². The number of guanidine groups is 1. The van der Waals surface area contributed by atoms with Gasteiger partial charge in [0.15, 0.2) is 5.96 Å². The van der Waals surface area contributed by atoms with E-state index in [1.165, 1.54) is 0 Å². The molecule has 2 aromatic rings. The van der Waals surface area contributed by atoms with Crippen LogP contribution in [0.25, 0.3) is 0 Å². The van der Waals surface area contributed by atoms with Gasteiger partial charge in [0.25, 0.3) is 0 Å². The summed E-state index contributed by atoms with van der Waals surface area (Å²) in [7, 11) is 1.72. The first-order valence-corrected chi connectivity index (χ1v) is 8.57. The number of hydrogen-bond acceptors (Lipinski definition) is 4. The number of para-hydroxylation sites is 1. The minimum Gasteiger partial charge on any atom is -0.488 e. The van der Waals surface area contributed by atoms with E-state index < -0.39 is 0 Å². The molecule has 0 saturated heterocycles. The molecular weight excluding hydrogens is 499 g/mol. The van der Waals surface area contributed by atoms with Crippen molar-refractivity contribution in [1.82, 2.24) is 15.6 Å². The fourth-order valence-corrected chi connectivity index (χ4v) is 2.41. The van der Waals surface area contributed by atoms with Gasteiger partial charge in [-0.25, -0.2) is 4.98 Å². The Kier molecular flexibility index (Phi) is 9.26. The van der Waals surface area contributed by atoms with Crippen molar-refractivity contribution in [3.63, 3.8) is 0 Å². The second kappa shape index (κ2) is 10.6. The van der Waals surface area contributed by atoms with E-state index in [1.54, 1.807) is 7.05 Å². The average molecular weight is 523 g/mol. The lowest BCUT2D eigenvalue weighted by Gasteiger charge is -2.18. The Bertz CT molecular complexity index is 686. The molecule has 138 valence electrons. The van der Waals surface area contributed by atoms with Crippen LogP contribution in [0.3, 0.4) is 0 Å². The van der Waals surface area contributed by atoms with Crippen LogP contribution in [0.4, 0.5) is 0 Å². The third-order valence-electron chi connectivity index (χ3n) is 3.43. The predicted molar refractivity (Wildman–Crippen MR) is 114 cm³/mol. The lowest BCUT2D eigenvalue weighted by Crippen LogP contribution is -2.41. The highest BCUT2D eigenvalue weighted by atomic mass is 127. The molecular formula is C17H24BrIN4O2. The second-order valence-corrected chi connectivity index (χ2v) is 6.27. The van der Waals surface area contributed by atoms with Crippen LogP contribution in [0.2, 0.25) is 0 Å². The maximum atomic E-state index is 5.90. The topological polar surface area (TPSA) is 71.7 Å². The van der Waals surface area contributed by atoms with Gasteiger partial charge >= 0.3 is 0 Å². The largest absolute Gasteiger partial charge is 0.488 e. The minimum absolute atomic E-state index is 0. The van der Waals surface area contributed by atoms with E-state index >= 15 is 0 Å². The summed E-state index contributed by atoms with van der Waals surface area (Å²) >= 11 is 3.48. The van der Waals surface area contributed by atoms with Crippen molar-refractivity contribution in [2.45, 2.75) is 33.4 Å². The monoisotopic (exact) mass is 522 g/mol. The number of nitrogens with one attached hydrogen (secondary N) is 2. The SMILES string of the molecule is CN=C(NCc1nc(C)c(C)o1)NCC(C)Oc1ccccc1Br.I. The van der Waals surface area contributed by atoms with Gasteiger partial charge in [-0.2, -0.15) is 0 Å². The quantitative estimate of drug-likeness (QED) is 0.343. The van der Waals surface area contributed by atoms with Gasteiger partial charge in [0, 0.05) is 7.05 Å². The number of aromatic nitrogens is 1. The molecule has 1 aromatic heterocycles. The second-order valence-electron chi connectivity index (χ2n) is 5.41. The van der Waals surface area contributed by atoms with E-state index in [2.05, 4.69) is 36.5 Å². The highest BCUT2D eigenvalue weighted by Gasteiger charge is 2.09. The summed E-state index contributed by atoms with van der Waals surface area (Å²) in [6.07, 6.45) is -0.0199. The van der Waals surface area contributed by atoms with Gasteiger partial charge in [-0.1, -0.05) is 12.1 Å². The molecule has 8 heteroatoms. The van der Waals surface area contributed by atoms with Gasteiger partial charge in [0.05, 0.1) is 23.3 Å². The molecule has 0 bridgehead atoms. The van der Waals surface area contributed by atoms with Crippen LogP contribution in [0.5, 0.6) is 5.75 Å². The maximum Gasteiger partial charge on any atom is 0.214 e. The van der Waals surface area contributed by atoms with Crippen molar-refractivity contribution in [2.24, 2.45) is 4.99 Å². The van der Waals surface area contributed by atoms with Crippen molar-refractivity contribution in [3.05, 3.63) is 46.1 Å². The van der Waals surface area contributed by atoms with Gasteiger partial charge in [0.1, 0.15) is 17.6 Å². The number of aliphatic imine (C=N–C) groups is 1. The van der Waals surface area contributed by atoms with Crippen LogP contribution < -0.4 is 15.4 Å². The first-order chi connectivity index (χ1) is 11.5. The fraction of sp³-hybridized carbons (Fsp3) is 0.412. The number of ether oxygens (including phenoxy) is 1. The van der Waals surface area contributed by atoms with Crippen LogP contribution in [0, 0.1) is 13.8 Å². The summed E-state index contributed by atoms with van der Waals surface area (Å²) in [6.45, 7) is 6.93. The molecule has 0 spiro atoms. The van der Waals surface area contributed by atoms with E-state index in [9.17, 15) is 0 Å². The number of nitrogens with zero attached hydrogens (tertiary/aromatic N) is 2. The molecule has 2 N–H and O–H groups in total. The van der Waals surface area contributed by atoms with Crippen molar-refractivity contribution in [1.29, 1.82) is 0 Å². The molecule has 2 rings (SSSR count). The highest BCUT2D eigenvalue weighted by Crippen LogP contribution is 2.24. The summed E-state index contributed by atoms with van der Waals surface area (Å²) < 4.78 is 12.4. The number of hydrogen-bond donors (Lipinski definition) is 2. The van der Waals surface area contributed by atoms with Gasteiger partial charge in [0.2, 0.25) is 5.89 Å². The average Bonchev–Trinajstić information content (AvgIpc) is 2.88.